The Kier molecular flexibility index (Phi) is 4.10. The summed E-state index contributed by atoms with van der Waals surface area (Å²) in [6.45, 7) is 2.00. The maximum atomic E-state index is 10.3. The van der Waals surface area contributed by atoms with Gasteiger partial charge in [0.25, 0.3) is 0 Å². The van der Waals surface area contributed by atoms with Crippen LogP contribution in [0.25, 0.3) is 0 Å². The highest BCUT2D eigenvalue weighted by Crippen LogP contribution is 2.14. The molecular weight excluding hydrogens is 216 g/mol. The van der Waals surface area contributed by atoms with E-state index in [2.05, 4.69) is 0 Å². The van der Waals surface area contributed by atoms with E-state index in [1.807, 2.05) is 31.2 Å². The average molecular weight is 226 g/mol. The molecule has 0 unspecified atom stereocenters. The maximum Gasteiger partial charge on any atom is 0.313 e. The number of aliphatic carboxylic acids is 1. The molecule has 0 heterocycles. The van der Waals surface area contributed by atoms with Crippen LogP contribution < -0.4 is 0 Å². The van der Waals surface area contributed by atoms with E-state index < -0.39 is 5.97 Å². The molecule has 1 aromatic rings. The van der Waals surface area contributed by atoms with Crippen LogP contribution in [-0.2, 0) is 4.79 Å². The van der Waals surface area contributed by atoms with Gasteiger partial charge in [-0.25, -0.2) is 0 Å². The molecule has 1 rings (SSSR count). The summed E-state index contributed by atoms with van der Waals surface area (Å²) in [5.74, 6) is -0.823. The van der Waals surface area contributed by atoms with Gasteiger partial charge < -0.3 is 5.11 Å². The Hall–Kier alpha value is -0.870. The van der Waals surface area contributed by atoms with Crippen LogP contribution in [0.15, 0.2) is 24.3 Å². The van der Waals surface area contributed by atoms with Crippen molar-refractivity contribution < 1.29 is 9.90 Å². The molecule has 0 aromatic heterocycles. The average Bonchev–Trinajstić information content (AvgIpc) is 2.15. The Morgan fingerprint density at radius 1 is 1.43 bits per heavy atom. The molecule has 0 saturated heterocycles. The first-order valence-corrected chi connectivity index (χ1v) is 5.44. The van der Waals surface area contributed by atoms with E-state index >= 15 is 0 Å². The molecule has 0 amide bonds. The zero-order valence-electron chi connectivity index (χ0n) is 7.69. The second-order valence-electron chi connectivity index (χ2n) is 2.84. The molecule has 0 atom stereocenters. The third kappa shape index (κ3) is 3.47. The second-order valence-corrected chi connectivity index (χ2v) is 4.49. The molecule has 1 N–H and O–H groups in total. The first-order valence-electron chi connectivity index (χ1n) is 4.05. The molecule has 4 heteroatoms. The van der Waals surface area contributed by atoms with Crippen LogP contribution in [0, 0.1) is 6.92 Å². The van der Waals surface area contributed by atoms with Gasteiger partial charge in [0.15, 0.2) is 0 Å². The standard InChI is InChI=1S/C10H10O2S2/c1-7-2-4-8(5-3-7)10(13)14-6-9(11)12/h2-5H,6H2,1H3,(H,11,12). The second kappa shape index (κ2) is 5.12. The van der Waals surface area contributed by atoms with Crippen molar-refractivity contribution in [3.05, 3.63) is 35.4 Å². The topological polar surface area (TPSA) is 37.3 Å². The van der Waals surface area contributed by atoms with Crippen LogP contribution in [0.5, 0.6) is 0 Å². The summed E-state index contributed by atoms with van der Waals surface area (Å²) < 4.78 is 0.632. The van der Waals surface area contributed by atoms with E-state index in [1.165, 1.54) is 17.3 Å². The van der Waals surface area contributed by atoms with Gasteiger partial charge in [-0.1, -0.05) is 42.0 Å². The van der Waals surface area contributed by atoms with Crippen LogP contribution >= 0.6 is 24.0 Å². The Balaban J connectivity index is 2.61. The lowest BCUT2D eigenvalue weighted by Gasteiger charge is -2.01. The van der Waals surface area contributed by atoms with Crippen molar-refractivity contribution in [1.82, 2.24) is 0 Å². The van der Waals surface area contributed by atoms with Gasteiger partial charge in [-0.3, -0.25) is 4.79 Å². The fourth-order valence-electron chi connectivity index (χ4n) is 0.900. The number of thiocarbonyl (C=S) groups is 1. The van der Waals surface area contributed by atoms with Crippen molar-refractivity contribution in [3.8, 4) is 0 Å². The summed E-state index contributed by atoms with van der Waals surface area (Å²) in [7, 11) is 0. The van der Waals surface area contributed by atoms with Gasteiger partial charge in [0.1, 0.15) is 0 Å². The van der Waals surface area contributed by atoms with Gasteiger partial charge in [0, 0.05) is 0 Å². The number of hydrogen-bond acceptors (Lipinski definition) is 3. The van der Waals surface area contributed by atoms with E-state index in [-0.39, 0.29) is 5.75 Å². The van der Waals surface area contributed by atoms with E-state index in [0.29, 0.717) is 4.20 Å². The lowest BCUT2D eigenvalue weighted by atomic mass is 10.2. The highest BCUT2D eigenvalue weighted by molar-refractivity contribution is 8.24. The molecule has 74 valence electrons. The van der Waals surface area contributed by atoms with Crippen LogP contribution in [-0.4, -0.2) is 21.0 Å². The van der Waals surface area contributed by atoms with Gasteiger partial charge in [-0.2, -0.15) is 0 Å². The molecule has 0 bridgehead atoms. The largest absolute Gasteiger partial charge is 0.481 e. The number of thioether (sulfide) groups is 1. The number of aryl methyl sites for hydroxylation is 1. The summed E-state index contributed by atoms with van der Waals surface area (Å²) in [5.41, 5.74) is 2.08. The zero-order chi connectivity index (χ0) is 10.6. The summed E-state index contributed by atoms with van der Waals surface area (Å²) in [6.07, 6.45) is 0. The first-order chi connectivity index (χ1) is 6.59. The third-order valence-corrected chi connectivity index (χ3v) is 3.09. The summed E-state index contributed by atoms with van der Waals surface area (Å²) in [4.78, 5) is 10.3. The summed E-state index contributed by atoms with van der Waals surface area (Å²) in [6, 6.07) is 7.74. The van der Waals surface area contributed by atoms with E-state index in [1.54, 1.807) is 0 Å². The Labute approximate surface area is 92.3 Å². The molecule has 0 saturated carbocycles. The van der Waals surface area contributed by atoms with E-state index in [0.717, 1.165) is 5.56 Å². The van der Waals surface area contributed by atoms with Crippen molar-refractivity contribution >= 4 is 34.1 Å². The molecule has 0 spiro atoms. The van der Waals surface area contributed by atoms with E-state index in [9.17, 15) is 4.79 Å². The smallest absolute Gasteiger partial charge is 0.313 e. The Morgan fingerprint density at radius 3 is 2.50 bits per heavy atom. The fourth-order valence-corrected chi connectivity index (χ4v) is 1.77. The summed E-state index contributed by atoms with van der Waals surface area (Å²) in [5, 5.41) is 8.47. The van der Waals surface area contributed by atoms with Crippen molar-refractivity contribution in [2.45, 2.75) is 6.92 Å². The number of rotatable bonds is 3. The minimum Gasteiger partial charge on any atom is -0.481 e. The van der Waals surface area contributed by atoms with Crippen LogP contribution in [0.1, 0.15) is 11.1 Å². The van der Waals surface area contributed by atoms with Gasteiger partial charge in [0.05, 0.1) is 9.95 Å². The van der Waals surface area contributed by atoms with Gasteiger partial charge in [-0.15, -0.1) is 11.8 Å². The number of carboxylic acid groups (broad SMARTS) is 1. The predicted molar refractivity (Wildman–Crippen MR) is 63.0 cm³/mol. The Morgan fingerprint density at radius 2 is 2.00 bits per heavy atom. The lowest BCUT2D eigenvalue weighted by Crippen LogP contribution is -2.02. The fraction of sp³-hybridized carbons (Fsp3) is 0.200. The number of carbonyl (C=O) groups is 1. The number of benzene rings is 1. The van der Waals surface area contributed by atoms with Gasteiger partial charge in [-0.05, 0) is 12.5 Å². The highest BCUT2D eigenvalue weighted by atomic mass is 32.2. The van der Waals surface area contributed by atoms with Crippen molar-refractivity contribution in [2.75, 3.05) is 5.75 Å². The highest BCUT2D eigenvalue weighted by Gasteiger charge is 2.04. The molecule has 0 aliphatic heterocycles. The summed E-state index contributed by atoms with van der Waals surface area (Å²) >= 11 is 6.26. The van der Waals surface area contributed by atoms with Crippen LogP contribution in [0.3, 0.4) is 0 Å². The Bertz CT molecular complexity index is 344. The molecule has 1 aromatic carbocycles. The van der Waals surface area contributed by atoms with Gasteiger partial charge >= 0.3 is 5.97 Å². The first kappa shape index (κ1) is 11.2. The maximum absolute atomic E-state index is 10.3. The van der Waals surface area contributed by atoms with Crippen molar-refractivity contribution in [2.24, 2.45) is 0 Å². The van der Waals surface area contributed by atoms with Gasteiger partial charge in [0.2, 0.25) is 0 Å². The van der Waals surface area contributed by atoms with Crippen molar-refractivity contribution in [1.29, 1.82) is 0 Å². The quantitative estimate of drug-likeness (QED) is 0.803. The SMILES string of the molecule is Cc1ccc(C(=S)SCC(=O)O)cc1. The van der Waals surface area contributed by atoms with E-state index in [4.69, 9.17) is 17.3 Å². The molecule has 0 aliphatic rings. The normalized spacial score (nSPS) is 9.79. The minimum absolute atomic E-state index is 0.0205. The molecule has 0 fully saturated rings. The molecule has 0 aliphatic carbocycles. The third-order valence-electron chi connectivity index (χ3n) is 1.61. The monoisotopic (exact) mass is 226 g/mol. The lowest BCUT2D eigenvalue weighted by molar-refractivity contribution is -0.133. The molecule has 14 heavy (non-hydrogen) atoms. The molecular formula is C10H10O2S2. The minimum atomic E-state index is -0.843. The van der Waals surface area contributed by atoms with Crippen molar-refractivity contribution in [3.63, 3.8) is 0 Å². The number of carboxylic acids is 1. The number of hydrogen-bond donors (Lipinski definition) is 1. The van der Waals surface area contributed by atoms with Crippen LogP contribution in [0.2, 0.25) is 0 Å². The zero-order valence-corrected chi connectivity index (χ0v) is 9.32. The predicted octanol–water partition coefficient (Wildman–Crippen LogP) is 2.49. The molecule has 0 radical (unpaired) electrons. The molecule has 2 nitrogen and oxygen atoms in total. The van der Waals surface area contributed by atoms with Crippen LogP contribution in [0.4, 0.5) is 0 Å².